The molecule has 2 fully saturated rings. The van der Waals surface area contributed by atoms with Crippen LogP contribution in [0.2, 0.25) is 0 Å². The number of hydrogen-bond acceptors (Lipinski definition) is 2. The first kappa shape index (κ1) is 14.5. The summed E-state index contributed by atoms with van der Waals surface area (Å²) in [6.45, 7) is 2.74. The molecule has 2 heterocycles. The molecule has 1 aromatic carbocycles. The highest BCUT2D eigenvalue weighted by Gasteiger charge is 2.32. The third kappa shape index (κ3) is 3.79. The monoisotopic (exact) mass is 289 g/mol. The van der Waals surface area contributed by atoms with Crippen LogP contribution in [0.25, 0.3) is 0 Å². The van der Waals surface area contributed by atoms with Crippen LogP contribution in [-0.2, 0) is 6.42 Å². The molecule has 0 bridgehead atoms. The highest BCUT2D eigenvalue weighted by molar-refractivity contribution is 7.99. The van der Waals surface area contributed by atoms with Gasteiger partial charge in [0.05, 0.1) is 0 Å². The minimum Gasteiger partial charge on any atom is -0.300 e. The number of rotatable bonds is 5. The van der Waals surface area contributed by atoms with Crippen molar-refractivity contribution in [3.63, 3.8) is 0 Å². The zero-order valence-electron chi connectivity index (χ0n) is 12.5. The second-order valence-electron chi connectivity index (χ2n) is 6.31. The Labute approximate surface area is 128 Å². The van der Waals surface area contributed by atoms with Gasteiger partial charge >= 0.3 is 0 Å². The van der Waals surface area contributed by atoms with Gasteiger partial charge in [0.15, 0.2) is 0 Å². The molecule has 0 radical (unpaired) electrons. The molecule has 3 rings (SSSR count). The first-order valence-corrected chi connectivity index (χ1v) is 9.45. The van der Waals surface area contributed by atoms with Crippen molar-refractivity contribution in [2.45, 2.75) is 44.6 Å². The summed E-state index contributed by atoms with van der Waals surface area (Å²) in [5.74, 6) is 3.63. The number of benzene rings is 1. The fourth-order valence-electron chi connectivity index (χ4n) is 3.84. The third-order valence-corrected chi connectivity index (χ3v) is 6.10. The van der Waals surface area contributed by atoms with Crippen LogP contribution in [0, 0.1) is 5.92 Å². The van der Waals surface area contributed by atoms with E-state index in [1.807, 2.05) is 0 Å². The lowest BCUT2D eigenvalue weighted by Gasteiger charge is -2.44. The molecule has 0 saturated carbocycles. The zero-order valence-corrected chi connectivity index (χ0v) is 13.3. The van der Waals surface area contributed by atoms with E-state index in [0.717, 1.165) is 12.0 Å². The van der Waals surface area contributed by atoms with Crippen molar-refractivity contribution in [3.05, 3.63) is 35.9 Å². The van der Waals surface area contributed by atoms with Crippen LogP contribution in [0.15, 0.2) is 30.3 Å². The van der Waals surface area contributed by atoms with Gasteiger partial charge < -0.3 is 4.90 Å². The maximum atomic E-state index is 2.79. The van der Waals surface area contributed by atoms with Crippen LogP contribution in [0.1, 0.15) is 37.7 Å². The molecule has 2 saturated heterocycles. The summed E-state index contributed by atoms with van der Waals surface area (Å²) in [5, 5.41) is 0. The molecule has 0 unspecified atom stereocenters. The summed E-state index contributed by atoms with van der Waals surface area (Å²) in [7, 11) is 0. The summed E-state index contributed by atoms with van der Waals surface area (Å²) in [5.41, 5.74) is 1.49. The summed E-state index contributed by atoms with van der Waals surface area (Å²) >= 11 is 2.18. The van der Waals surface area contributed by atoms with E-state index in [4.69, 9.17) is 0 Å². The summed E-state index contributed by atoms with van der Waals surface area (Å²) in [6, 6.07) is 11.8. The van der Waals surface area contributed by atoms with Gasteiger partial charge in [-0.25, -0.2) is 0 Å². The first-order chi connectivity index (χ1) is 9.93. The standard InChI is InChI=1S/C18H27NS/c1-2-7-16(8-3-1)11-14-20-15-17-9-6-13-19-12-5-4-10-18(17)19/h1-3,7-8,17-18H,4-6,9-15H2/t17-,18-/m1/s1. The predicted octanol–water partition coefficient (Wildman–Crippen LogP) is 4.23. The number of fused-ring (bicyclic) bond motifs is 1. The lowest BCUT2D eigenvalue weighted by Crippen LogP contribution is -2.48. The molecule has 0 aliphatic carbocycles. The molecule has 0 spiro atoms. The highest BCUT2D eigenvalue weighted by atomic mass is 32.2. The fraction of sp³-hybridized carbons (Fsp3) is 0.667. The lowest BCUT2D eigenvalue weighted by molar-refractivity contribution is 0.0693. The van der Waals surface area contributed by atoms with Crippen molar-refractivity contribution < 1.29 is 0 Å². The molecule has 0 N–H and O–H groups in total. The smallest absolute Gasteiger partial charge is 0.0131 e. The lowest BCUT2D eigenvalue weighted by atomic mass is 9.85. The number of hydrogen-bond donors (Lipinski definition) is 0. The van der Waals surface area contributed by atoms with Gasteiger partial charge in [0.1, 0.15) is 0 Å². The minimum atomic E-state index is 0.918. The highest BCUT2D eigenvalue weighted by Crippen LogP contribution is 2.32. The summed E-state index contributed by atoms with van der Waals surface area (Å²) in [4.78, 5) is 2.79. The van der Waals surface area contributed by atoms with E-state index in [1.165, 1.54) is 68.7 Å². The molecule has 1 nitrogen and oxygen atoms in total. The maximum Gasteiger partial charge on any atom is 0.0131 e. The number of thioether (sulfide) groups is 1. The number of nitrogens with zero attached hydrogens (tertiary/aromatic N) is 1. The second-order valence-corrected chi connectivity index (χ2v) is 7.46. The summed E-state index contributed by atoms with van der Waals surface area (Å²) < 4.78 is 0. The van der Waals surface area contributed by atoms with Crippen LogP contribution >= 0.6 is 11.8 Å². The van der Waals surface area contributed by atoms with E-state index in [2.05, 4.69) is 47.0 Å². The largest absolute Gasteiger partial charge is 0.300 e. The molecular weight excluding hydrogens is 262 g/mol. The van der Waals surface area contributed by atoms with Gasteiger partial charge in [-0.1, -0.05) is 36.8 Å². The number of aryl methyl sites for hydroxylation is 1. The third-order valence-electron chi connectivity index (χ3n) is 4.94. The molecule has 2 heteroatoms. The van der Waals surface area contributed by atoms with Gasteiger partial charge in [-0.3, -0.25) is 0 Å². The van der Waals surface area contributed by atoms with E-state index >= 15 is 0 Å². The van der Waals surface area contributed by atoms with Gasteiger partial charge in [-0.15, -0.1) is 0 Å². The molecule has 110 valence electrons. The molecule has 0 aromatic heterocycles. The second kappa shape index (κ2) is 7.51. The van der Waals surface area contributed by atoms with E-state index < -0.39 is 0 Å². The van der Waals surface area contributed by atoms with Crippen molar-refractivity contribution >= 4 is 11.8 Å². The van der Waals surface area contributed by atoms with Crippen LogP contribution < -0.4 is 0 Å². The van der Waals surface area contributed by atoms with Crippen LogP contribution in [0.5, 0.6) is 0 Å². The molecule has 1 aromatic rings. The van der Waals surface area contributed by atoms with E-state index in [-0.39, 0.29) is 0 Å². The molecule has 0 amide bonds. The van der Waals surface area contributed by atoms with Crippen molar-refractivity contribution in [2.24, 2.45) is 5.92 Å². The molecule has 2 aliphatic rings. The molecule has 2 atom stereocenters. The maximum absolute atomic E-state index is 2.79. The Bertz CT molecular complexity index is 390. The average molecular weight is 289 g/mol. The normalized spacial score (nSPS) is 27.2. The van der Waals surface area contributed by atoms with E-state index in [9.17, 15) is 0 Å². The first-order valence-electron chi connectivity index (χ1n) is 8.29. The minimum absolute atomic E-state index is 0.918. The molecular formula is C18H27NS. The van der Waals surface area contributed by atoms with E-state index in [1.54, 1.807) is 0 Å². The van der Waals surface area contributed by atoms with Gasteiger partial charge in [0, 0.05) is 6.04 Å². The Kier molecular flexibility index (Phi) is 5.43. The van der Waals surface area contributed by atoms with Crippen LogP contribution in [0.4, 0.5) is 0 Å². The zero-order chi connectivity index (χ0) is 13.6. The Hall–Kier alpha value is -0.470. The van der Waals surface area contributed by atoms with Gasteiger partial charge in [0.25, 0.3) is 0 Å². The van der Waals surface area contributed by atoms with E-state index in [0.29, 0.717) is 0 Å². The Morgan fingerprint density at radius 1 is 1.00 bits per heavy atom. The SMILES string of the molecule is c1ccc(CCSC[C@H]2CCCN3CCCC[C@H]23)cc1. The molecule has 2 aliphatic heterocycles. The van der Waals surface area contributed by atoms with Crippen molar-refractivity contribution in [1.29, 1.82) is 0 Å². The fourth-order valence-corrected chi connectivity index (χ4v) is 5.08. The van der Waals surface area contributed by atoms with Gasteiger partial charge in [-0.05, 0) is 68.2 Å². The molecule has 20 heavy (non-hydrogen) atoms. The Morgan fingerprint density at radius 3 is 2.75 bits per heavy atom. The van der Waals surface area contributed by atoms with Crippen LogP contribution in [-0.4, -0.2) is 35.5 Å². The van der Waals surface area contributed by atoms with Gasteiger partial charge in [0.2, 0.25) is 0 Å². The Balaban J connectivity index is 1.41. The van der Waals surface area contributed by atoms with Crippen molar-refractivity contribution in [3.8, 4) is 0 Å². The van der Waals surface area contributed by atoms with Crippen molar-refractivity contribution in [2.75, 3.05) is 24.6 Å². The average Bonchev–Trinajstić information content (AvgIpc) is 2.53. The van der Waals surface area contributed by atoms with Crippen molar-refractivity contribution in [1.82, 2.24) is 4.90 Å². The van der Waals surface area contributed by atoms with Gasteiger partial charge in [-0.2, -0.15) is 11.8 Å². The van der Waals surface area contributed by atoms with Crippen LogP contribution in [0.3, 0.4) is 0 Å². The number of piperidine rings is 2. The summed E-state index contributed by atoms with van der Waals surface area (Å²) in [6.07, 6.45) is 8.49. The topological polar surface area (TPSA) is 3.24 Å². The quantitative estimate of drug-likeness (QED) is 0.746. The predicted molar refractivity (Wildman–Crippen MR) is 89.4 cm³/mol. The Morgan fingerprint density at radius 2 is 1.85 bits per heavy atom.